The minimum atomic E-state index is -0.777. The van der Waals surface area contributed by atoms with Crippen LogP contribution in [-0.2, 0) is 9.53 Å². The second kappa shape index (κ2) is 5.25. The van der Waals surface area contributed by atoms with Crippen molar-refractivity contribution in [3.63, 3.8) is 0 Å². The van der Waals surface area contributed by atoms with Crippen molar-refractivity contribution in [1.29, 1.82) is 0 Å². The first-order valence-electron chi connectivity index (χ1n) is 4.70. The summed E-state index contributed by atoms with van der Waals surface area (Å²) in [5, 5.41) is 0. The lowest BCUT2D eigenvalue weighted by molar-refractivity contribution is -0.132. The van der Waals surface area contributed by atoms with Crippen LogP contribution in [0.3, 0.4) is 0 Å². The Morgan fingerprint density at radius 3 is 2.62 bits per heavy atom. The topological polar surface area (TPSA) is 52.6 Å². The minimum Gasteiger partial charge on any atom is -0.462 e. The molecule has 0 fully saturated rings. The van der Waals surface area contributed by atoms with Crippen molar-refractivity contribution in [3.8, 4) is 5.75 Å². The summed E-state index contributed by atoms with van der Waals surface area (Å²) in [6.07, 6.45) is 0. The fraction of sp³-hybridized carbons (Fsp3) is 0.273. The number of hydrogen-bond acceptors (Lipinski definition) is 4. The molecule has 0 radical (unpaired) electrons. The first kappa shape index (κ1) is 12.2. The third kappa shape index (κ3) is 2.79. The van der Waals surface area contributed by atoms with Crippen LogP contribution in [0.1, 0.15) is 24.2 Å². The molecule has 0 aliphatic heterocycles. The Morgan fingerprint density at radius 1 is 1.38 bits per heavy atom. The second-order valence-electron chi connectivity index (χ2n) is 2.93. The Kier molecular flexibility index (Phi) is 3.99. The zero-order valence-corrected chi connectivity index (χ0v) is 8.95. The van der Waals surface area contributed by atoms with E-state index in [0.717, 1.165) is 13.0 Å². The molecule has 0 heterocycles. The predicted octanol–water partition coefficient (Wildman–Crippen LogP) is 1.93. The SMILES string of the molecule is CCOC(=O)c1cccc(F)c1OC(C)=O. The van der Waals surface area contributed by atoms with Gasteiger partial charge in [-0.15, -0.1) is 0 Å². The van der Waals surface area contributed by atoms with E-state index in [0.29, 0.717) is 0 Å². The van der Waals surface area contributed by atoms with Crippen LogP contribution in [0.2, 0.25) is 0 Å². The lowest BCUT2D eigenvalue weighted by atomic mass is 10.2. The Bertz CT molecular complexity index is 414. The van der Waals surface area contributed by atoms with Gasteiger partial charge in [0, 0.05) is 6.92 Å². The molecule has 0 N–H and O–H groups in total. The molecule has 86 valence electrons. The lowest BCUT2D eigenvalue weighted by Crippen LogP contribution is -2.11. The molecule has 0 spiro atoms. The molecule has 0 saturated carbocycles. The molecule has 0 amide bonds. The fourth-order valence-electron chi connectivity index (χ4n) is 1.13. The molecule has 0 bridgehead atoms. The molecule has 0 unspecified atom stereocenters. The number of esters is 2. The van der Waals surface area contributed by atoms with Gasteiger partial charge in [0.25, 0.3) is 0 Å². The molecule has 0 aromatic heterocycles. The van der Waals surface area contributed by atoms with Crippen molar-refractivity contribution in [3.05, 3.63) is 29.6 Å². The number of ether oxygens (including phenoxy) is 2. The molecule has 1 aromatic carbocycles. The molecule has 16 heavy (non-hydrogen) atoms. The van der Waals surface area contributed by atoms with Crippen LogP contribution in [0, 0.1) is 5.82 Å². The standard InChI is InChI=1S/C11H11FO4/c1-3-15-11(14)8-5-4-6-9(12)10(8)16-7(2)13/h4-6H,3H2,1-2H3. The first-order valence-corrected chi connectivity index (χ1v) is 4.70. The maximum absolute atomic E-state index is 13.3. The van der Waals surface area contributed by atoms with E-state index in [2.05, 4.69) is 4.74 Å². The number of carbonyl (C=O) groups is 2. The van der Waals surface area contributed by atoms with E-state index < -0.39 is 23.5 Å². The maximum atomic E-state index is 13.3. The summed E-state index contributed by atoms with van der Waals surface area (Å²) in [6.45, 7) is 2.92. The highest BCUT2D eigenvalue weighted by Crippen LogP contribution is 2.23. The number of para-hydroxylation sites is 1. The molecule has 0 aliphatic carbocycles. The van der Waals surface area contributed by atoms with Crippen molar-refractivity contribution < 1.29 is 23.5 Å². The van der Waals surface area contributed by atoms with E-state index in [1.807, 2.05) is 0 Å². The minimum absolute atomic E-state index is 0.1000. The van der Waals surface area contributed by atoms with Gasteiger partial charge in [0.05, 0.1) is 6.61 Å². The molecule has 1 aromatic rings. The fourth-order valence-corrected chi connectivity index (χ4v) is 1.13. The third-order valence-electron chi connectivity index (χ3n) is 1.71. The Balaban J connectivity index is 3.11. The van der Waals surface area contributed by atoms with Crippen LogP contribution >= 0.6 is 0 Å². The smallest absolute Gasteiger partial charge is 0.342 e. The highest BCUT2D eigenvalue weighted by atomic mass is 19.1. The summed E-state index contributed by atoms with van der Waals surface area (Å²) in [4.78, 5) is 22.2. The number of halogens is 1. The maximum Gasteiger partial charge on any atom is 0.342 e. The Hall–Kier alpha value is -1.91. The number of rotatable bonds is 3. The summed E-state index contributed by atoms with van der Waals surface area (Å²) >= 11 is 0. The van der Waals surface area contributed by atoms with Gasteiger partial charge in [-0.25, -0.2) is 9.18 Å². The molecule has 0 aliphatic rings. The highest BCUT2D eigenvalue weighted by molar-refractivity contribution is 5.93. The summed E-state index contributed by atoms with van der Waals surface area (Å²) in [7, 11) is 0. The van der Waals surface area contributed by atoms with E-state index in [1.165, 1.54) is 12.1 Å². The summed E-state index contributed by atoms with van der Waals surface area (Å²) in [6, 6.07) is 3.77. The van der Waals surface area contributed by atoms with Crippen LogP contribution in [0.4, 0.5) is 4.39 Å². The van der Waals surface area contributed by atoms with Crippen molar-refractivity contribution in [2.75, 3.05) is 6.61 Å². The van der Waals surface area contributed by atoms with Gasteiger partial charge < -0.3 is 9.47 Å². The first-order chi connectivity index (χ1) is 7.56. The van der Waals surface area contributed by atoms with Gasteiger partial charge in [-0.2, -0.15) is 0 Å². The third-order valence-corrected chi connectivity index (χ3v) is 1.71. The van der Waals surface area contributed by atoms with Crippen LogP contribution < -0.4 is 4.74 Å². The average molecular weight is 226 g/mol. The molecule has 5 heteroatoms. The van der Waals surface area contributed by atoms with Crippen LogP contribution in [-0.4, -0.2) is 18.5 Å². The van der Waals surface area contributed by atoms with Crippen molar-refractivity contribution in [1.82, 2.24) is 0 Å². The highest BCUT2D eigenvalue weighted by Gasteiger charge is 2.18. The van der Waals surface area contributed by atoms with Gasteiger partial charge in [0.2, 0.25) is 0 Å². The normalized spacial score (nSPS) is 9.69. The zero-order chi connectivity index (χ0) is 12.1. The van der Waals surface area contributed by atoms with Gasteiger partial charge in [-0.3, -0.25) is 4.79 Å². The molecule has 0 saturated heterocycles. The van der Waals surface area contributed by atoms with E-state index in [9.17, 15) is 14.0 Å². The molecular weight excluding hydrogens is 215 g/mol. The van der Waals surface area contributed by atoms with Gasteiger partial charge in [-0.1, -0.05) is 6.07 Å². The molecule has 1 rings (SSSR count). The quantitative estimate of drug-likeness (QED) is 0.583. The molecule has 0 atom stereocenters. The largest absolute Gasteiger partial charge is 0.462 e. The molecule has 4 nitrogen and oxygen atoms in total. The lowest BCUT2D eigenvalue weighted by Gasteiger charge is -2.08. The summed E-state index contributed by atoms with van der Waals surface area (Å²) in [5.41, 5.74) is -0.1000. The summed E-state index contributed by atoms with van der Waals surface area (Å²) in [5.74, 6) is -2.59. The number of benzene rings is 1. The average Bonchev–Trinajstić information content (AvgIpc) is 2.20. The van der Waals surface area contributed by atoms with Crippen LogP contribution in [0.25, 0.3) is 0 Å². The van der Waals surface area contributed by atoms with E-state index in [-0.39, 0.29) is 12.2 Å². The van der Waals surface area contributed by atoms with Crippen molar-refractivity contribution >= 4 is 11.9 Å². The van der Waals surface area contributed by atoms with E-state index in [4.69, 9.17) is 4.74 Å². The van der Waals surface area contributed by atoms with Gasteiger partial charge in [0.15, 0.2) is 11.6 Å². The van der Waals surface area contributed by atoms with E-state index in [1.54, 1.807) is 6.92 Å². The van der Waals surface area contributed by atoms with Gasteiger partial charge >= 0.3 is 11.9 Å². The zero-order valence-electron chi connectivity index (χ0n) is 8.95. The number of hydrogen-bond donors (Lipinski definition) is 0. The van der Waals surface area contributed by atoms with Crippen LogP contribution in [0.15, 0.2) is 18.2 Å². The van der Waals surface area contributed by atoms with E-state index >= 15 is 0 Å². The van der Waals surface area contributed by atoms with Crippen LogP contribution in [0.5, 0.6) is 5.75 Å². The summed E-state index contributed by atoms with van der Waals surface area (Å²) < 4.78 is 22.7. The van der Waals surface area contributed by atoms with Crippen molar-refractivity contribution in [2.45, 2.75) is 13.8 Å². The van der Waals surface area contributed by atoms with Gasteiger partial charge in [-0.05, 0) is 19.1 Å². The predicted molar refractivity (Wildman–Crippen MR) is 53.7 cm³/mol. The van der Waals surface area contributed by atoms with Crippen molar-refractivity contribution in [2.24, 2.45) is 0 Å². The Morgan fingerprint density at radius 2 is 2.06 bits per heavy atom. The monoisotopic (exact) mass is 226 g/mol. The second-order valence-corrected chi connectivity index (χ2v) is 2.93. The Labute approximate surface area is 92.0 Å². The molecular formula is C11H11FO4. The number of carbonyl (C=O) groups excluding carboxylic acids is 2. The van der Waals surface area contributed by atoms with Gasteiger partial charge in [0.1, 0.15) is 5.56 Å².